The fraction of sp³-hybridized carbons (Fsp3) is 0.417. The van der Waals surface area contributed by atoms with Gasteiger partial charge < -0.3 is 15.2 Å². The van der Waals surface area contributed by atoms with E-state index in [0.717, 1.165) is 30.2 Å². The Morgan fingerprint density at radius 2 is 2.17 bits per heavy atom. The molecular weight excluding hydrogens is 230 g/mol. The van der Waals surface area contributed by atoms with Crippen LogP contribution in [0.25, 0.3) is 0 Å². The smallest absolute Gasteiger partial charge is 0.224 e. The molecule has 0 atom stereocenters. The maximum atomic E-state index is 5.01. The largest absolute Gasteiger partial charge is 0.363 e. The lowest BCUT2D eigenvalue weighted by atomic mass is 10.4. The summed E-state index contributed by atoms with van der Waals surface area (Å²) in [6.45, 7) is 5.47. The van der Waals surface area contributed by atoms with Gasteiger partial charge in [-0.25, -0.2) is 4.98 Å². The van der Waals surface area contributed by atoms with Crippen LogP contribution < -0.4 is 10.6 Å². The molecule has 2 heterocycles. The van der Waals surface area contributed by atoms with Crippen molar-refractivity contribution in [3.05, 3.63) is 29.8 Å². The Balaban J connectivity index is 2.00. The second-order valence-electron chi connectivity index (χ2n) is 3.98. The Hall–Kier alpha value is -2.11. The van der Waals surface area contributed by atoms with Crippen LogP contribution in [-0.2, 0) is 6.54 Å². The first kappa shape index (κ1) is 12.3. The Bertz CT molecular complexity index is 483. The summed E-state index contributed by atoms with van der Waals surface area (Å²) in [6, 6.07) is 3.71. The van der Waals surface area contributed by atoms with Crippen LogP contribution in [0.1, 0.15) is 24.8 Å². The standard InChI is InChI=1S/C12H17N5O/c1-3-5-13-12-16-9(2)7-11(17-12)14-8-10-4-6-15-18-10/h4,6-7H,3,5,8H2,1-2H3,(H2,13,14,16,17). The zero-order valence-corrected chi connectivity index (χ0v) is 10.6. The van der Waals surface area contributed by atoms with Gasteiger partial charge >= 0.3 is 0 Å². The fourth-order valence-electron chi connectivity index (χ4n) is 1.49. The Kier molecular flexibility index (Phi) is 4.11. The molecular formula is C12H17N5O. The SMILES string of the molecule is CCCNc1nc(C)cc(NCc2ccno2)n1. The van der Waals surface area contributed by atoms with Gasteiger partial charge in [0.2, 0.25) is 5.95 Å². The third-order valence-corrected chi connectivity index (χ3v) is 2.32. The van der Waals surface area contributed by atoms with Gasteiger partial charge in [-0.2, -0.15) is 4.98 Å². The van der Waals surface area contributed by atoms with E-state index in [1.54, 1.807) is 6.20 Å². The summed E-state index contributed by atoms with van der Waals surface area (Å²) < 4.78 is 5.01. The predicted molar refractivity (Wildman–Crippen MR) is 69.4 cm³/mol. The van der Waals surface area contributed by atoms with Crippen molar-refractivity contribution in [2.24, 2.45) is 0 Å². The number of nitrogens with one attached hydrogen (secondary N) is 2. The lowest BCUT2D eigenvalue weighted by molar-refractivity contribution is 0.388. The number of aryl methyl sites for hydroxylation is 1. The summed E-state index contributed by atoms with van der Waals surface area (Å²) in [5.41, 5.74) is 0.920. The van der Waals surface area contributed by atoms with Crippen molar-refractivity contribution >= 4 is 11.8 Å². The molecule has 2 rings (SSSR count). The molecule has 0 fully saturated rings. The number of anilines is 2. The lowest BCUT2D eigenvalue weighted by Crippen LogP contribution is -2.08. The number of nitrogens with zero attached hydrogens (tertiary/aromatic N) is 3. The first-order chi connectivity index (χ1) is 8.78. The number of rotatable bonds is 6. The van der Waals surface area contributed by atoms with Crippen molar-refractivity contribution in [2.45, 2.75) is 26.8 Å². The highest BCUT2D eigenvalue weighted by molar-refractivity contribution is 5.42. The molecule has 0 aliphatic carbocycles. The summed E-state index contributed by atoms with van der Waals surface area (Å²) in [4.78, 5) is 8.69. The number of hydrogen-bond acceptors (Lipinski definition) is 6. The highest BCUT2D eigenvalue weighted by Crippen LogP contribution is 2.11. The van der Waals surface area contributed by atoms with Gasteiger partial charge in [0.25, 0.3) is 0 Å². The normalized spacial score (nSPS) is 10.3. The van der Waals surface area contributed by atoms with Gasteiger partial charge in [0, 0.05) is 24.4 Å². The van der Waals surface area contributed by atoms with Crippen molar-refractivity contribution in [1.29, 1.82) is 0 Å². The maximum Gasteiger partial charge on any atom is 0.224 e. The van der Waals surface area contributed by atoms with E-state index in [9.17, 15) is 0 Å². The molecule has 6 heteroatoms. The number of aromatic nitrogens is 3. The van der Waals surface area contributed by atoms with Gasteiger partial charge in [-0.1, -0.05) is 12.1 Å². The van der Waals surface area contributed by atoms with Crippen LogP contribution in [0.5, 0.6) is 0 Å². The monoisotopic (exact) mass is 247 g/mol. The summed E-state index contributed by atoms with van der Waals surface area (Å²) in [5, 5.41) is 10.0. The molecule has 0 saturated heterocycles. The zero-order chi connectivity index (χ0) is 12.8. The quantitative estimate of drug-likeness (QED) is 0.815. The topological polar surface area (TPSA) is 75.9 Å². The third kappa shape index (κ3) is 3.44. The minimum absolute atomic E-state index is 0.559. The van der Waals surface area contributed by atoms with Crippen molar-refractivity contribution in [3.8, 4) is 0 Å². The van der Waals surface area contributed by atoms with Crippen LogP contribution in [0.2, 0.25) is 0 Å². The maximum absolute atomic E-state index is 5.01. The molecule has 0 spiro atoms. The molecule has 0 amide bonds. The second-order valence-corrected chi connectivity index (χ2v) is 3.98. The minimum atomic E-state index is 0.559. The molecule has 2 aromatic heterocycles. The van der Waals surface area contributed by atoms with Crippen molar-refractivity contribution in [2.75, 3.05) is 17.2 Å². The first-order valence-electron chi connectivity index (χ1n) is 6.01. The molecule has 0 aliphatic heterocycles. The Morgan fingerprint density at radius 1 is 1.28 bits per heavy atom. The predicted octanol–water partition coefficient (Wildman–Crippen LogP) is 2.21. The van der Waals surface area contributed by atoms with Crippen LogP contribution >= 0.6 is 0 Å². The second kappa shape index (κ2) is 6.00. The lowest BCUT2D eigenvalue weighted by Gasteiger charge is -2.08. The summed E-state index contributed by atoms with van der Waals surface area (Å²) in [5.74, 6) is 2.20. The van der Waals surface area contributed by atoms with Crippen molar-refractivity contribution in [1.82, 2.24) is 15.1 Å². The van der Waals surface area contributed by atoms with Crippen molar-refractivity contribution in [3.63, 3.8) is 0 Å². The highest BCUT2D eigenvalue weighted by atomic mass is 16.5. The van der Waals surface area contributed by atoms with E-state index in [4.69, 9.17) is 4.52 Å². The Morgan fingerprint density at radius 3 is 2.89 bits per heavy atom. The molecule has 18 heavy (non-hydrogen) atoms. The van der Waals surface area contributed by atoms with Gasteiger partial charge in [0.1, 0.15) is 5.82 Å². The van der Waals surface area contributed by atoms with E-state index in [0.29, 0.717) is 12.5 Å². The average molecular weight is 247 g/mol. The molecule has 0 saturated carbocycles. The van der Waals surface area contributed by atoms with E-state index >= 15 is 0 Å². The van der Waals surface area contributed by atoms with Crippen LogP contribution in [0.4, 0.5) is 11.8 Å². The molecule has 6 nitrogen and oxygen atoms in total. The molecule has 2 N–H and O–H groups in total. The van der Waals surface area contributed by atoms with Crippen LogP contribution in [0.3, 0.4) is 0 Å². The van der Waals surface area contributed by atoms with E-state index < -0.39 is 0 Å². The minimum Gasteiger partial charge on any atom is -0.363 e. The molecule has 0 radical (unpaired) electrons. The van der Waals surface area contributed by atoms with E-state index in [-0.39, 0.29) is 0 Å². The van der Waals surface area contributed by atoms with Crippen molar-refractivity contribution < 1.29 is 4.52 Å². The molecule has 2 aromatic rings. The first-order valence-corrected chi connectivity index (χ1v) is 6.01. The molecule has 0 aliphatic rings. The van der Waals surface area contributed by atoms with Gasteiger partial charge in [-0.3, -0.25) is 0 Å². The molecule has 0 bridgehead atoms. The Labute approximate surface area is 106 Å². The van der Waals surface area contributed by atoms with Gasteiger partial charge in [-0.15, -0.1) is 0 Å². The van der Waals surface area contributed by atoms with Crippen LogP contribution in [0.15, 0.2) is 22.9 Å². The van der Waals surface area contributed by atoms with E-state index in [1.165, 1.54) is 0 Å². The summed E-state index contributed by atoms with van der Waals surface area (Å²) in [6.07, 6.45) is 2.66. The number of hydrogen-bond donors (Lipinski definition) is 2. The van der Waals surface area contributed by atoms with Crippen LogP contribution in [-0.4, -0.2) is 21.7 Å². The van der Waals surface area contributed by atoms with E-state index in [2.05, 4.69) is 32.7 Å². The third-order valence-electron chi connectivity index (χ3n) is 2.32. The molecule has 0 aromatic carbocycles. The molecule has 96 valence electrons. The summed E-state index contributed by atoms with van der Waals surface area (Å²) in [7, 11) is 0. The fourth-order valence-corrected chi connectivity index (χ4v) is 1.49. The highest BCUT2D eigenvalue weighted by Gasteiger charge is 2.02. The van der Waals surface area contributed by atoms with E-state index in [1.807, 2.05) is 19.1 Å². The zero-order valence-electron chi connectivity index (χ0n) is 10.6. The summed E-state index contributed by atoms with van der Waals surface area (Å²) >= 11 is 0. The van der Waals surface area contributed by atoms with Crippen LogP contribution in [0, 0.1) is 6.92 Å². The van der Waals surface area contributed by atoms with Gasteiger partial charge in [-0.05, 0) is 13.3 Å². The van der Waals surface area contributed by atoms with Gasteiger partial charge in [0.15, 0.2) is 5.76 Å². The van der Waals surface area contributed by atoms with Gasteiger partial charge in [0.05, 0.1) is 12.7 Å². The average Bonchev–Trinajstić information content (AvgIpc) is 2.86. The molecule has 0 unspecified atom stereocenters.